The van der Waals surface area contributed by atoms with Crippen molar-refractivity contribution in [1.29, 1.82) is 0 Å². The Bertz CT molecular complexity index is 636. The quantitative estimate of drug-likeness (QED) is 0.907. The van der Waals surface area contributed by atoms with Gasteiger partial charge in [-0.3, -0.25) is 9.10 Å². The first kappa shape index (κ1) is 17.5. The Kier molecular flexibility index (Phi) is 5.04. The molecule has 0 aliphatic carbocycles. The minimum absolute atomic E-state index is 0.192. The topological polar surface area (TPSA) is 66.5 Å². The first-order chi connectivity index (χ1) is 9.49. The van der Waals surface area contributed by atoms with Crippen LogP contribution in [-0.2, 0) is 10.0 Å². The van der Waals surface area contributed by atoms with Crippen LogP contribution in [-0.4, -0.2) is 33.2 Å². The first-order valence-corrected chi connectivity index (χ1v) is 8.70. The van der Waals surface area contributed by atoms with Crippen LogP contribution in [0.1, 0.15) is 43.1 Å². The molecular weight excluding hydrogens is 288 g/mol. The number of nitrogens with one attached hydrogen (secondary N) is 1. The fraction of sp³-hybridized carbons (Fsp3) is 0.533. The van der Waals surface area contributed by atoms with Crippen LogP contribution in [0.5, 0.6) is 0 Å². The zero-order valence-electron chi connectivity index (χ0n) is 13.5. The molecule has 0 aliphatic rings. The maximum Gasteiger partial charge on any atom is 0.252 e. The van der Waals surface area contributed by atoms with E-state index in [-0.39, 0.29) is 11.4 Å². The molecular formula is C15H24N2O3S. The SMILES string of the molecule is CCC(C)(C)NC(=O)c1cccc(N(C)S(C)(=O)=O)c1C. The van der Waals surface area contributed by atoms with Crippen molar-refractivity contribution in [2.75, 3.05) is 17.6 Å². The highest BCUT2D eigenvalue weighted by Gasteiger charge is 2.22. The molecule has 0 unspecified atom stereocenters. The van der Waals surface area contributed by atoms with Gasteiger partial charge in [-0.2, -0.15) is 0 Å². The van der Waals surface area contributed by atoms with Crippen molar-refractivity contribution in [3.05, 3.63) is 29.3 Å². The third-order valence-corrected chi connectivity index (χ3v) is 4.91. The highest BCUT2D eigenvalue weighted by molar-refractivity contribution is 7.92. The fourth-order valence-corrected chi connectivity index (χ4v) is 2.41. The van der Waals surface area contributed by atoms with E-state index in [1.807, 2.05) is 20.8 Å². The van der Waals surface area contributed by atoms with Gasteiger partial charge in [0.15, 0.2) is 0 Å². The van der Waals surface area contributed by atoms with E-state index in [1.165, 1.54) is 11.4 Å². The number of benzene rings is 1. The average Bonchev–Trinajstić information content (AvgIpc) is 2.36. The van der Waals surface area contributed by atoms with Gasteiger partial charge in [0.1, 0.15) is 0 Å². The molecule has 0 saturated carbocycles. The van der Waals surface area contributed by atoms with E-state index >= 15 is 0 Å². The van der Waals surface area contributed by atoms with Crippen molar-refractivity contribution >= 4 is 21.6 Å². The van der Waals surface area contributed by atoms with Crippen molar-refractivity contribution in [3.8, 4) is 0 Å². The first-order valence-electron chi connectivity index (χ1n) is 6.85. The molecule has 1 aromatic carbocycles. The molecule has 0 heterocycles. The minimum atomic E-state index is -3.36. The van der Waals surface area contributed by atoms with E-state index in [2.05, 4.69) is 5.32 Å². The Morgan fingerprint density at radius 3 is 2.38 bits per heavy atom. The molecule has 0 spiro atoms. The van der Waals surface area contributed by atoms with E-state index in [0.717, 1.165) is 12.7 Å². The number of hydrogen-bond acceptors (Lipinski definition) is 3. The predicted octanol–water partition coefficient (Wildman–Crippen LogP) is 2.31. The van der Waals surface area contributed by atoms with Crippen LogP contribution in [0.3, 0.4) is 0 Å². The van der Waals surface area contributed by atoms with Crippen molar-refractivity contribution in [3.63, 3.8) is 0 Å². The molecule has 0 saturated heterocycles. The van der Waals surface area contributed by atoms with Crippen LogP contribution in [0.4, 0.5) is 5.69 Å². The van der Waals surface area contributed by atoms with Crippen LogP contribution in [0, 0.1) is 6.92 Å². The number of carbonyl (C=O) groups is 1. The second kappa shape index (κ2) is 6.05. The molecule has 0 fully saturated rings. The van der Waals surface area contributed by atoms with Crippen LogP contribution in [0.15, 0.2) is 18.2 Å². The van der Waals surface area contributed by atoms with Crippen LogP contribution >= 0.6 is 0 Å². The number of hydrogen-bond donors (Lipinski definition) is 1. The minimum Gasteiger partial charge on any atom is -0.347 e. The summed E-state index contributed by atoms with van der Waals surface area (Å²) in [7, 11) is -1.88. The van der Waals surface area contributed by atoms with E-state index in [4.69, 9.17) is 0 Å². The summed E-state index contributed by atoms with van der Waals surface area (Å²) in [6.45, 7) is 7.66. The Morgan fingerprint density at radius 1 is 1.33 bits per heavy atom. The molecule has 1 rings (SSSR count). The normalized spacial score (nSPS) is 12.1. The zero-order valence-corrected chi connectivity index (χ0v) is 14.3. The average molecular weight is 312 g/mol. The summed E-state index contributed by atoms with van der Waals surface area (Å²) in [5, 5.41) is 2.96. The summed E-state index contributed by atoms with van der Waals surface area (Å²) in [6, 6.07) is 5.09. The van der Waals surface area contributed by atoms with E-state index in [9.17, 15) is 13.2 Å². The molecule has 0 aliphatic heterocycles. The van der Waals surface area contributed by atoms with Gasteiger partial charge in [0.05, 0.1) is 11.9 Å². The third kappa shape index (κ3) is 4.20. The molecule has 1 N–H and O–H groups in total. The number of rotatable bonds is 5. The Hall–Kier alpha value is -1.56. The van der Waals surface area contributed by atoms with Crippen LogP contribution in [0.2, 0.25) is 0 Å². The van der Waals surface area contributed by atoms with Gasteiger partial charge in [0, 0.05) is 18.2 Å². The van der Waals surface area contributed by atoms with Gasteiger partial charge >= 0.3 is 0 Å². The van der Waals surface area contributed by atoms with Crippen LogP contribution in [0.25, 0.3) is 0 Å². The van der Waals surface area contributed by atoms with Crippen molar-refractivity contribution in [2.24, 2.45) is 0 Å². The largest absolute Gasteiger partial charge is 0.347 e. The lowest BCUT2D eigenvalue weighted by molar-refractivity contribution is 0.0910. The molecule has 1 amide bonds. The highest BCUT2D eigenvalue weighted by atomic mass is 32.2. The van der Waals surface area contributed by atoms with Gasteiger partial charge in [-0.15, -0.1) is 0 Å². The maximum absolute atomic E-state index is 12.4. The van der Waals surface area contributed by atoms with Gasteiger partial charge in [0.25, 0.3) is 5.91 Å². The van der Waals surface area contributed by atoms with Gasteiger partial charge < -0.3 is 5.32 Å². The summed E-state index contributed by atoms with van der Waals surface area (Å²) in [6.07, 6.45) is 1.94. The molecule has 6 heteroatoms. The van der Waals surface area contributed by atoms with Gasteiger partial charge in [-0.1, -0.05) is 13.0 Å². The van der Waals surface area contributed by atoms with Gasteiger partial charge in [-0.25, -0.2) is 8.42 Å². The Balaban J connectivity index is 3.21. The molecule has 0 atom stereocenters. The lowest BCUT2D eigenvalue weighted by atomic mass is 10.00. The number of amides is 1. The summed E-state index contributed by atoms with van der Waals surface area (Å²) >= 11 is 0. The number of nitrogens with zero attached hydrogens (tertiary/aromatic N) is 1. The summed E-state index contributed by atoms with van der Waals surface area (Å²) in [5.74, 6) is -0.192. The number of anilines is 1. The van der Waals surface area contributed by atoms with Crippen molar-refractivity contribution in [1.82, 2.24) is 5.32 Å². The number of carbonyl (C=O) groups excluding carboxylic acids is 1. The number of sulfonamides is 1. The summed E-state index contributed by atoms with van der Waals surface area (Å²) in [4.78, 5) is 12.4. The summed E-state index contributed by atoms with van der Waals surface area (Å²) < 4.78 is 24.5. The van der Waals surface area contributed by atoms with E-state index in [0.29, 0.717) is 16.8 Å². The fourth-order valence-electron chi connectivity index (χ4n) is 1.85. The van der Waals surface area contributed by atoms with Crippen LogP contribution < -0.4 is 9.62 Å². The standard InChI is InChI=1S/C15H24N2O3S/c1-7-15(3,4)16-14(18)12-9-8-10-13(11(12)2)17(5)21(6,19)20/h8-10H,7H2,1-6H3,(H,16,18). The van der Waals surface area contributed by atoms with E-state index < -0.39 is 10.0 Å². The van der Waals surface area contributed by atoms with Gasteiger partial charge in [-0.05, 0) is 44.9 Å². The van der Waals surface area contributed by atoms with Crippen molar-refractivity contribution in [2.45, 2.75) is 39.7 Å². The second-order valence-electron chi connectivity index (χ2n) is 5.87. The molecule has 0 radical (unpaired) electrons. The zero-order chi connectivity index (χ0) is 16.4. The molecule has 0 bridgehead atoms. The molecule has 21 heavy (non-hydrogen) atoms. The molecule has 0 aromatic heterocycles. The Labute approximate surface area is 127 Å². The third-order valence-electron chi connectivity index (χ3n) is 3.72. The maximum atomic E-state index is 12.4. The Morgan fingerprint density at radius 2 is 1.90 bits per heavy atom. The lowest BCUT2D eigenvalue weighted by Crippen LogP contribution is -2.43. The smallest absolute Gasteiger partial charge is 0.252 e. The molecule has 5 nitrogen and oxygen atoms in total. The monoisotopic (exact) mass is 312 g/mol. The van der Waals surface area contributed by atoms with Crippen molar-refractivity contribution < 1.29 is 13.2 Å². The summed E-state index contributed by atoms with van der Waals surface area (Å²) in [5.41, 5.74) is 1.35. The predicted molar refractivity (Wildman–Crippen MR) is 86.3 cm³/mol. The second-order valence-corrected chi connectivity index (χ2v) is 7.89. The van der Waals surface area contributed by atoms with Gasteiger partial charge in [0.2, 0.25) is 10.0 Å². The van der Waals surface area contributed by atoms with E-state index in [1.54, 1.807) is 25.1 Å². The lowest BCUT2D eigenvalue weighted by Gasteiger charge is -2.26. The highest BCUT2D eigenvalue weighted by Crippen LogP contribution is 2.24. The molecule has 118 valence electrons. The molecule has 1 aromatic rings.